The van der Waals surface area contributed by atoms with Crippen molar-refractivity contribution < 1.29 is 4.79 Å². The molecule has 0 radical (unpaired) electrons. The van der Waals surface area contributed by atoms with Crippen LogP contribution in [0.25, 0.3) is 0 Å². The van der Waals surface area contributed by atoms with Crippen molar-refractivity contribution >= 4 is 23.3 Å². The van der Waals surface area contributed by atoms with Gasteiger partial charge in [-0.15, -0.1) is 0 Å². The van der Waals surface area contributed by atoms with Crippen molar-refractivity contribution in [2.75, 3.05) is 18.4 Å². The minimum Gasteiger partial charge on any atom is -0.370 e. The van der Waals surface area contributed by atoms with E-state index in [4.69, 9.17) is 11.6 Å². The Labute approximate surface area is 128 Å². The van der Waals surface area contributed by atoms with E-state index >= 15 is 0 Å². The maximum Gasteiger partial charge on any atom is 0.253 e. The van der Waals surface area contributed by atoms with Crippen LogP contribution >= 0.6 is 11.6 Å². The van der Waals surface area contributed by atoms with Gasteiger partial charge in [0.1, 0.15) is 5.82 Å². The van der Waals surface area contributed by atoms with Crippen molar-refractivity contribution in [3.63, 3.8) is 0 Å². The van der Waals surface area contributed by atoms with Crippen LogP contribution in [0.4, 0.5) is 5.82 Å². The molecule has 7 heteroatoms. The van der Waals surface area contributed by atoms with E-state index in [0.717, 1.165) is 13.0 Å². The highest BCUT2D eigenvalue weighted by Crippen LogP contribution is 2.17. The molecule has 2 aromatic heterocycles. The molecule has 2 N–H and O–H groups in total. The topological polar surface area (TPSA) is 71.8 Å². The summed E-state index contributed by atoms with van der Waals surface area (Å²) in [7, 11) is 0. The van der Waals surface area contributed by atoms with Crippen LogP contribution in [0.1, 0.15) is 23.7 Å². The monoisotopic (exact) mass is 307 g/mol. The van der Waals surface area contributed by atoms with Gasteiger partial charge in [-0.2, -0.15) is 0 Å². The second-order valence-corrected chi connectivity index (χ2v) is 4.94. The summed E-state index contributed by atoms with van der Waals surface area (Å²) < 4.78 is 1.89. The molecule has 0 unspecified atom stereocenters. The first-order valence-corrected chi connectivity index (χ1v) is 7.22. The molecule has 6 nitrogen and oxygen atoms in total. The number of hydrogen-bond donors (Lipinski definition) is 2. The molecule has 0 bridgehead atoms. The zero-order valence-electron chi connectivity index (χ0n) is 11.8. The number of carbonyl (C=O) groups is 1. The quantitative estimate of drug-likeness (QED) is 0.822. The first-order valence-electron chi connectivity index (χ1n) is 6.84. The fourth-order valence-electron chi connectivity index (χ4n) is 1.78. The number of imidazole rings is 1. The first-order chi connectivity index (χ1) is 10.2. The van der Waals surface area contributed by atoms with E-state index in [1.807, 2.05) is 10.8 Å². The Kier molecular flexibility index (Phi) is 5.57. The van der Waals surface area contributed by atoms with Crippen LogP contribution in [0, 0.1) is 0 Å². The van der Waals surface area contributed by atoms with E-state index in [9.17, 15) is 4.79 Å². The van der Waals surface area contributed by atoms with Crippen LogP contribution in [0.2, 0.25) is 5.02 Å². The van der Waals surface area contributed by atoms with Crippen molar-refractivity contribution in [2.45, 2.75) is 19.9 Å². The molecule has 0 saturated heterocycles. The van der Waals surface area contributed by atoms with Crippen molar-refractivity contribution in [2.24, 2.45) is 0 Å². The Bertz CT molecular complexity index is 585. The third-order valence-electron chi connectivity index (χ3n) is 2.87. The lowest BCUT2D eigenvalue weighted by atomic mass is 10.2. The van der Waals surface area contributed by atoms with E-state index in [0.29, 0.717) is 29.5 Å². The molecule has 0 saturated carbocycles. The number of halogens is 1. The summed E-state index contributed by atoms with van der Waals surface area (Å²) in [5.74, 6) is 0.447. The smallest absolute Gasteiger partial charge is 0.253 e. The molecule has 21 heavy (non-hydrogen) atoms. The molecule has 1 amide bonds. The number of hydrogen-bond acceptors (Lipinski definition) is 4. The van der Waals surface area contributed by atoms with E-state index in [1.165, 1.54) is 6.20 Å². The zero-order valence-corrected chi connectivity index (χ0v) is 12.6. The maximum absolute atomic E-state index is 12.1. The van der Waals surface area contributed by atoms with E-state index < -0.39 is 0 Å². The summed E-state index contributed by atoms with van der Waals surface area (Å²) in [6.07, 6.45) is 7.73. The van der Waals surface area contributed by atoms with E-state index in [-0.39, 0.29) is 5.91 Å². The van der Waals surface area contributed by atoms with Gasteiger partial charge in [0.05, 0.1) is 16.9 Å². The maximum atomic E-state index is 12.1. The normalized spacial score (nSPS) is 10.4. The van der Waals surface area contributed by atoms with Gasteiger partial charge >= 0.3 is 0 Å². The summed E-state index contributed by atoms with van der Waals surface area (Å²) >= 11 is 6.04. The summed E-state index contributed by atoms with van der Waals surface area (Å²) in [5, 5.41) is 6.31. The van der Waals surface area contributed by atoms with Gasteiger partial charge in [-0.25, -0.2) is 9.97 Å². The number of carbonyl (C=O) groups excluding carboxylic acids is 1. The molecule has 112 valence electrons. The highest BCUT2D eigenvalue weighted by atomic mass is 35.5. The predicted molar refractivity (Wildman–Crippen MR) is 82.6 cm³/mol. The third kappa shape index (κ3) is 4.46. The number of nitrogens with one attached hydrogen (secondary N) is 2. The van der Waals surface area contributed by atoms with Crippen LogP contribution in [-0.4, -0.2) is 33.5 Å². The Morgan fingerprint density at radius 3 is 3.00 bits per heavy atom. The van der Waals surface area contributed by atoms with Crippen LogP contribution in [0.5, 0.6) is 0 Å². The average molecular weight is 308 g/mol. The SMILES string of the molecule is CCCNc1cc(C(=O)NCCn2ccnc2)c(Cl)cn1. The molecule has 0 fully saturated rings. The second kappa shape index (κ2) is 7.64. The Morgan fingerprint density at radius 1 is 1.43 bits per heavy atom. The summed E-state index contributed by atoms with van der Waals surface area (Å²) in [4.78, 5) is 20.2. The molecule has 0 aromatic carbocycles. The van der Waals surface area contributed by atoms with E-state index in [1.54, 1.807) is 18.6 Å². The van der Waals surface area contributed by atoms with Gasteiger partial charge in [-0.05, 0) is 12.5 Å². The molecule has 2 heterocycles. The van der Waals surface area contributed by atoms with Crippen LogP contribution < -0.4 is 10.6 Å². The second-order valence-electron chi connectivity index (χ2n) is 4.53. The molecule has 0 aliphatic rings. The summed E-state index contributed by atoms with van der Waals surface area (Å²) in [6, 6.07) is 1.67. The zero-order chi connectivity index (χ0) is 15.1. The lowest BCUT2D eigenvalue weighted by molar-refractivity contribution is 0.0952. The molecule has 0 aliphatic carbocycles. The van der Waals surface area contributed by atoms with Gasteiger partial charge in [0.2, 0.25) is 0 Å². The van der Waals surface area contributed by atoms with Crippen molar-refractivity contribution in [1.29, 1.82) is 0 Å². The fourth-order valence-corrected chi connectivity index (χ4v) is 1.96. The van der Waals surface area contributed by atoms with Gasteiger partial charge < -0.3 is 15.2 Å². The Morgan fingerprint density at radius 2 is 2.29 bits per heavy atom. The van der Waals surface area contributed by atoms with Gasteiger partial charge in [-0.3, -0.25) is 4.79 Å². The molecule has 2 rings (SSSR count). The van der Waals surface area contributed by atoms with Crippen molar-refractivity contribution in [3.05, 3.63) is 41.6 Å². The number of rotatable bonds is 7. The number of pyridine rings is 1. The molecular formula is C14H18ClN5O. The number of amides is 1. The Balaban J connectivity index is 1.94. The Hall–Kier alpha value is -2.08. The van der Waals surface area contributed by atoms with Crippen LogP contribution in [-0.2, 0) is 6.54 Å². The summed E-state index contributed by atoms with van der Waals surface area (Å²) in [5.41, 5.74) is 0.427. The van der Waals surface area contributed by atoms with Gasteiger partial charge in [-0.1, -0.05) is 18.5 Å². The molecule has 0 spiro atoms. The number of nitrogens with zero attached hydrogens (tertiary/aromatic N) is 3. The highest BCUT2D eigenvalue weighted by Gasteiger charge is 2.11. The third-order valence-corrected chi connectivity index (χ3v) is 3.17. The molecule has 0 aliphatic heterocycles. The fraction of sp³-hybridized carbons (Fsp3) is 0.357. The van der Waals surface area contributed by atoms with Crippen molar-refractivity contribution in [3.8, 4) is 0 Å². The standard InChI is InChI=1S/C14H18ClN5O/c1-2-3-17-13-8-11(12(15)9-19-13)14(21)18-5-7-20-6-4-16-10-20/h4,6,8-10H,2-3,5,7H2,1H3,(H,17,19)(H,18,21). The minimum atomic E-state index is -0.206. The van der Waals surface area contributed by atoms with Gasteiger partial charge in [0, 0.05) is 38.2 Å². The van der Waals surface area contributed by atoms with Gasteiger partial charge in [0.15, 0.2) is 0 Å². The average Bonchev–Trinajstić information content (AvgIpc) is 2.99. The lowest BCUT2D eigenvalue weighted by Gasteiger charge is -2.09. The van der Waals surface area contributed by atoms with Gasteiger partial charge in [0.25, 0.3) is 5.91 Å². The largest absolute Gasteiger partial charge is 0.370 e. The lowest BCUT2D eigenvalue weighted by Crippen LogP contribution is -2.27. The van der Waals surface area contributed by atoms with Crippen LogP contribution in [0.3, 0.4) is 0 Å². The molecular weight excluding hydrogens is 290 g/mol. The highest BCUT2D eigenvalue weighted by molar-refractivity contribution is 6.33. The van der Waals surface area contributed by atoms with E-state index in [2.05, 4.69) is 27.5 Å². The number of aromatic nitrogens is 3. The predicted octanol–water partition coefficient (Wildman–Crippen LogP) is 2.18. The molecule has 2 aromatic rings. The summed E-state index contributed by atoms with van der Waals surface area (Å²) in [6.45, 7) is 4.03. The van der Waals surface area contributed by atoms with Crippen molar-refractivity contribution in [1.82, 2.24) is 19.9 Å². The number of anilines is 1. The molecule has 0 atom stereocenters. The minimum absolute atomic E-state index is 0.206. The first kappa shape index (κ1) is 15.3. The van der Waals surface area contributed by atoms with Crippen LogP contribution in [0.15, 0.2) is 31.0 Å².